The lowest BCUT2D eigenvalue weighted by atomic mass is 10.2. The summed E-state index contributed by atoms with van der Waals surface area (Å²) in [6, 6.07) is 9.12. The molecule has 0 fully saturated rings. The molecule has 0 aliphatic rings. The van der Waals surface area contributed by atoms with Crippen LogP contribution in [0.25, 0.3) is 6.08 Å². The van der Waals surface area contributed by atoms with Gasteiger partial charge in [-0.25, -0.2) is 9.59 Å². The molecule has 0 spiro atoms. The van der Waals surface area contributed by atoms with Gasteiger partial charge in [0.1, 0.15) is 5.70 Å². The topological polar surface area (TPSA) is 64.6 Å². The summed E-state index contributed by atoms with van der Waals surface area (Å²) in [5, 5.41) is 2.33. The molecule has 0 radical (unpaired) electrons. The van der Waals surface area contributed by atoms with Crippen molar-refractivity contribution >= 4 is 18.1 Å². The lowest BCUT2D eigenvalue weighted by Gasteiger charge is -2.08. The Labute approximate surface area is 105 Å². The molecule has 0 saturated heterocycles. The lowest BCUT2D eigenvalue weighted by Crippen LogP contribution is -2.28. The monoisotopic (exact) mass is 249 g/mol. The Morgan fingerprint density at radius 1 is 1.28 bits per heavy atom. The zero-order chi connectivity index (χ0) is 13.4. The SMILES string of the molecule is CCOC(=O)/C(=C\c1ccccc1)NC(=O)OC. The summed E-state index contributed by atoms with van der Waals surface area (Å²) in [6.07, 6.45) is 0.805. The Balaban J connectivity index is 2.93. The van der Waals surface area contributed by atoms with Gasteiger partial charge in [0, 0.05) is 0 Å². The van der Waals surface area contributed by atoms with E-state index in [1.54, 1.807) is 19.1 Å². The summed E-state index contributed by atoms with van der Waals surface area (Å²) in [5.74, 6) is -0.605. The third kappa shape index (κ3) is 4.29. The van der Waals surface area contributed by atoms with Gasteiger partial charge >= 0.3 is 12.1 Å². The van der Waals surface area contributed by atoms with Crippen molar-refractivity contribution in [3.8, 4) is 0 Å². The van der Waals surface area contributed by atoms with Crippen LogP contribution >= 0.6 is 0 Å². The largest absolute Gasteiger partial charge is 0.461 e. The Morgan fingerprint density at radius 3 is 2.50 bits per heavy atom. The molecule has 0 heterocycles. The first-order valence-corrected chi connectivity index (χ1v) is 5.46. The van der Waals surface area contributed by atoms with Gasteiger partial charge in [0.15, 0.2) is 0 Å². The van der Waals surface area contributed by atoms with Gasteiger partial charge < -0.3 is 9.47 Å². The van der Waals surface area contributed by atoms with Crippen molar-refractivity contribution in [2.75, 3.05) is 13.7 Å². The van der Waals surface area contributed by atoms with Crippen molar-refractivity contribution in [3.05, 3.63) is 41.6 Å². The van der Waals surface area contributed by atoms with Crippen molar-refractivity contribution < 1.29 is 19.1 Å². The molecule has 1 rings (SSSR count). The van der Waals surface area contributed by atoms with E-state index in [9.17, 15) is 9.59 Å². The van der Waals surface area contributed by atoms with Crippen molar-refractivity contribution in [1.82, 2.24) is 5.32 Å². The molecule has 0 bridgehead atoms. The van der Waals surface area contributed by atoms with Crippen LogP contribution in [0.1, 0.15) is 12.5 Å². The number of nitrogens with one attached hydrogen (secondary N) is 1. The second-order valence-electron chi connectivity index (χ2n) is 3.31. The number of hydrogen-bond acceptors (Lipinski definition) is 4. The minimum Gasteiger partial charge on any atom is -0.461 e. The highest BCUT2D eigenvalue weighted by Crippen LogP contribution is 2.06. The number of hydrogen-bond donors (Lipinski definition) is 1. The molecule has 1 aromatic rings. The highest BCUT2D eigenvalue weighted by molar-refractivity contribution is 5.96. The molecule has 96 valence electrons. The maximum Gasteiger partial charge on any atom is 0.411 e. The van der Waals surface area contributed by atoms with Crippen molar-refractivity contribution in [2.45, 2.75) is 6.92 Å². The molecule has 5 nitrogen and oxygen atoms in total. The maximum absolute atomic E-state index is 11.6. The summed E-state index contributed by atoms with van der Waals surface area (Å²) in [5.41, 5.74) is 0.812. The molecule has 0 aliphatic heterocycles. The molecular weight excluding hydrogens is 234 g/mol. The van der Waals surface area contributed by atoms with Gasteiger partial charge in [-0.15, -0.1) is 0 Å². The minimum atomic E-state index is -0.717. The second-order valence-corrected chi connectivity index (χ2v) is 3.31. The standard InChI is InChI=1S/C13H15NO4/c1-3-18-12(15)11(14-13(16)17-2)9-10-7-5-4-6-8-10/h4-9H,3H2,1-2H3,(H,14,16)/b11-9+. The molecule has 18 heavy (non-hydrogen) atoms. The first-order valence-electron chi connectivity index (χ1n) is 5.46. The number of amides is 1. The van der Waals surface area contributed by atoms with Gasteiger partial charge in [-0.05, 0) is 18.6 Å². The molecule has 0 aliphatic carbocycles. The zero-order valence-electron chi connectivity index (χ0n) is 10.3. The molecule has 0 saturated carbocycles. The predicted octanol–water partition coefficient (Wildman–Crippen LogP) is 1.95. The first-order chi connectivity index (χ1) is 8.67. The number of rotatable bonds is 4. The van der Waals surface area contributed by atoms with E-state index in [0.29, 0.717) is 0 Å². The molecular formula is C13H15NO4. The fourth-order valence-electron chi connectivity index (χ4n) is 1.23. The molecule has 5 heteroatoms. The van der Waals surface area contributed by atoms with Gasteiger partial charge in [0.2, 0.25) is 0 Å². The first kappa shape index (κ1) is 13.8. The average molecular weight is 249 g/mol. The summed E-state index contributed by atoms with van der Waals surface area (Å²) < 4.78 is 9.29. The van der Waals surface area contributed by atoms with E-state index in [-0.39, 0.29) is 12.3 Å². The highest BCUT2D eigenvalue weighted by Gasteiger charge is 2.14. The van der Waals surface area contributed by atoms with Gasteiger partial charge in [0.05, 0.1) is 13.7 Å². The molecule has 1 amide bonds. The Bertz CT molecular complexity index is 440. The lowest BCUT2D eigenvalue weighted by molar-refractivity contribution is -0.138. The summed E-state index contributed by atoms with van der Waals surface area (Å²) >= 11 is 0. The van der Waals surface area contributed by atoms with Crippen molar-refractivity contribution in [3.63, 3.8) is 0 Å². The fraction of sp³-hybridized carbons (Fsp3) is 0.231. The van der Waals surface area contributed by atoms with E-state index in [0.717, 1.165) is 5.56 Å². The maximum atomic E-state index is 11.6. The van der Waals surface area contributed by atoms with Crippen LogP contribution in [0.15, 0.2) is 36.0 Å². The second kappa shape index (κ2) is 7.11. The van der Waals surface area contributed by atoms with E-state index in [1.165, 1.54) is 13.2 Å². The highest BCUT2D eigenvalue weighted by atomic mass is 16.5. The quantitative estimate of drug-likeness (QED) is 0.654. The van der Waals surface area contributed by atoms with Gasteiger partial charge in [0.25, 0.3) is 0 Å². The Kier molecular flexibility index (Phi) is 5.44. The van der Waals surface area contributed by atoms with Crippen LogP contribution < -0.4 is 5.32 Å². The van der Waals surface area contributed by atoms with E-state index < -0.39 is 12.1 Å². The third-order valence-electron chi connectivity index (χ3n) is 2.03. The van der Waals surface area contributed by atoms with E-state index >= 15 is 0 Å². The Hall–Kier alpha value is -2.30. The summed E-state index contributed by atoms with van der Waals surface area (Å²) in [7, 11) is 1.22. The third-order valence-corrected chi connectivity index (χ3v) is 2.03. The number of esters is 1. The van der Waals surface area contributed by atoms with E-state index in [2.05, 4.69) is 10.1 Å². The predicted molar refractivity (Wildman–Crippen MR) is 66.6 cm³/mol. The molecule has 0 aromatic heterocycles. The normalized spacial score (nSPS) is 10.7. The van der Waals surface area contributed by atoms with Gasteiger partial charge in [-0.1, -0.05) is 30.3 Å². The van der Waals surface area contributed by atoms with Gasteiger partial charge in [-0.2, -0.15) is 0 Å². The van der Waals surface area contributed by atoms with Crippen LogP contribution in [0.4, 0.5) is 4.79 Å². The number of alkyl carbamates (subject to hydrolysis) is 1. The number of benzene rings is 1. The molecule has 0 atom stereocenters. The summed E-state index contributed by atoms with van der Waals surface area (Å²) in [4.78, 5) is 22.8. The number of carbonyl (C=O) groups is 2. The minimum absolute atomic E-state index is 0.0369. The van der Waals surface area contributed by atoms with Crippen molar-refractivity contribution in [2.24, 2.45) is 0 Å². The van der Waals surface area contributed by atoms with E-state index in [4.69, 9.17) is 4.74 Å². The zero-order valence-corrected chi connectivity index (χ0v) is 10.3. The number of methoxy groups -OCH3 is 1. The van der Waals surface area contributed by atoms with Crippen LogP contribution in [0.3, 0.4) is 0 Å². The van der Waals surface area contributed by atoms with Crippen LogP contribution in [0.5, 0.6) is 0 Å². The molecule has 0 unspecified atom stereocenters. The van der Waals surface area contributed by atoms with Crippen LogP contribution in [-0.4, -0.2) is 25.8 Å². The number of ether oxygens (including phenoxy) is 2. The van der Waals surface area contributed by atoms with E-state index in [1.807, 2.05) is 18.2 Å². The smallest absolute Gasteiger partial charge is 0.411 e. The average Bonchev–Trinajstić information content (AvgIpc) is 2.39. The summed E-state index contributed by atoms with van der Waals surface area (Å²) in [6.45, 7) is 1.92. The van der Waals surface area contributed by atoms with Crippen molar-refractivity contribution in [1.29, 1.82) is 0 Å². The van der Waals surface area contributed by atoms with Gasteiger partial charge in [-0.3, -0.25) is 5.32 Å². The molecule has 1 aromatic carbocycles. The van der Waals surface area contributed by atoms with Crippen LogP contribution in [-0.2, 0) is 14.3 Å². The van der Waals surface area contributed by atoms with Crippen LogP contribution in [0, 0.1) is 0 Å². The fourth-order valence-corrected chi connectivity index (χ4v) is 1.23. The molecule has 1 N–H and O–H groups in total. The number of carbonyl (C=O) groups excluding carboxylic acids is 2. The Morgan fingerprint density at radius 2 is 1.94 bits per heavy atom. The van der Waals surface area contributed by atoms with Crippen LogP contribution in [0.2, 0.25) is 0 Å².